The number of hydrogen-bond donors (Lipinski definition) is 0. The third-order valence-corrected chi connectivity index (χ3v) is 2.02. The summed E-state index contributed by atoms with van der Waals surface area (Å²) >= 11 is 0. The van der Waals surface area contributed by atoms with Gasteiger partial charge in [0.2, 0.25) is 6.41 Å². The fourth-order valence-corrected chi connectivity index (χ4v) is 1.18. The first-order valence-electron chi connectivity index (χ1n) is 4.58. The van der Waals surface area contributed by atoms with Crippen LogP contribution < -0.4 is 0 Å². The first-order valence-corrected chi connectivity index (χ1v) is 4.58. The monoisotopic (exact) mass is 198 g/mol. The smallest absolute Gasteiger partial charge is 0.244 e. The molecule has 0 amide bonds. The number of nitrogens with zero attached hydrogens (tertiary/aromatic N) is 2. The van der Waals surface area contributed by atoms with Crippen LogP contribution in [-0.2, 0) is 14.9 Å². The average molecular weight is 198 g/mol. The Hall–Kier alpha value is -0.870. The van der Waals surface area contributed by atoms with Crippen molar-refractivity contribution >= 4 is 0 Å². The van der Waals surface area contributed by atoms with Crippen molar-refractivity contribution in [2.75, 3.05) is 14.2 Å². The fourth-order valence-electron chi connectivity index (χ4n) is 1.18. The predicted molar refractivity (Wildman–Crippen MR) is 54.0 cm³/mol. The molecule has 0 aliphatic rings. The Morgan fingerprint density at radius 1 is 1.29 bits per heavy atom. The minimum absolute atomic E-state index is 0.0529. The van der Waals surface area contributed by atoms with Gasteiger partial charge in [-0.15, -0.1) is 0 Å². The Labute approximate surface area is 84.9 Å². The Morgan fingerprint density at radius 3 is 2.21 bits per heavy atom. The van der Waals surface area contributed by atoms with Gasteiger partial charge in [-0.1, -0.05) is 20.8 Å². The van der Waals surface area contributed by atoms with Crippen LogP contribution in [0.3, 0.4) is 0 Å². The third kappa shape index (κ3) is 2.33. The normalized spacial score (nSPS) is 12.4. The molecule has 1 heterocycles. The van der Waals surface area contributed by atoms with Crippen molar-refractivity contribution in [3.63, 3.8) is 0 Å². The zero-order valence-electron chi connectivity index (χ0n) is 9.44. The number of imidazole rings is 1. The van der Waals surface area contributed by atoms with Gasteiger partial charge in [0.05, 0.1) is 12.0 Å². The molecule has 0 atom stereocenters. The first kappa shape index (κ1) is 11.2. The van der Waals surface area contributed by atoms with Gasteiger partial charge in [0, 0.05) is 25.8 Å². The van der Waals surface area contributed by atoms with E-state index in [0.717, 1.165) is 5.69 Å². The van der Waals surface area contributed by atoms with Crippen molar-refractivity contribution in [2.24, 2.45) is 0 Å². The van der Waals surface area contributed by atoms with Gasteiger partial charge in [0.15, 0.2) is 0 Å². The predicted octanol–water partition coefficient (Wildman–Crippen LogP) is 1.93. The maximum absolute atomic E-state index is 5.11. The topological polar surface area (TPSA) is 36.3 Å². The highest BCUT2D eigenvalue weighted by Gasteiger charge is 2.18. The van der Waals surface area contributed by atoms with Crippen molar-refractivity contribution in [1.29, 1.82) is 0 Å². The largest absolute Gasteiger partial charge is 0.338 e. The maximum atomic E-state index is 5.11. The van der Waals surface area contributed by atoms with Crippen LogP contribution in [0, 0.1) is 0 Å². The molecule has 1 aromatic heterocycles. The number of aromatic nitrogens is 2. The van der Waals surface area contributed by atoms with E-state index in [4.69, 9.17) is 9.47 Å². The summed E-state index contributed by atoms with van der Waals surface area (Å²) in [7, 11) is 3.20. The van der Waals surface area contributed by atoms with E-state index in [1.54, 1.807) is 25.1 Å². The Morgan fingerprint density at radius 2 is 1.86 bits per heavy atom. The van der Waals surface area contributed by atoms with E-state index in [-0.39, 0.29) is 5.41 Å². The van der Waals surface area contributed by atoms with Crippen molar-refractivity contribution in [2.45, 2.75) is 32.6 Å². The Kier molecular flexibility index (Phi) is 3.29. The van der Waals surface area contributed by atoms with Crippen molar-refractivity contribution < 1.29 is 9.47 Å². The lowest BCUT2D eigenvalue weighted by molar-refractivity contribution is -0.156. The number of rotatable bonds is 3. The summed E-state index contributed by atoms with van der Waals surface area (Å²) in [6.45, 7) is 6.36. The summed E-state index contributed by atoms with van der Waals surface area (Å²) in [6.07, 6.45) is 3.27. The summed E-state index contributed by atoms with van der Waals surface area (Å²) < 4.78 is 12.0. The minimum Gasteiger partial charge on any atom is -0.338 e. The standard InChI is InChI=1S/C10H18N2O2/c1-10(2,3)8-6-12(7-11-8)9(13-4)14-5/h6-7,9H,1-5H3. The summed E-state index contributed by atoms with van der Waals surface area (Å²) in [5, 5.41) is 0. The quantitative estimate of drug-likeness (QED) is 0.696. The van der Waals surface area contributed by atoms with Gasteiger partial charge in [-0.25, -0.2) is 4.98 Å². The lowest BCUT2D eigenvalue weighted by Gasteiger charge is -2.16. The average Bonchev–Trinajstić information content (AvgIpc) is 2.54. The second kappa shape index (κ2) is 4.11. The zero-order chi connectivity index (χ0) is 10.8. The van der Waals surface area contributed by atoms with Gasteiger partial charge in [0.1, 0.15) is 0 Å². The van der Waals surface area contributed by atoms with Gasteiger partial charge in [-0.2, -0.15) is 0 Å². The highest BCUT2D eigenvalue weighted by atomic mass is 16.7. The van der Waals surface area contributed by atoms with E-state index in [1.807, 2.05) is 6.20 Å². The van der Waals surface area contributed by atoms with Crippen molar-refractivity contribution in [3.05, 3.63) is 18.2 Å². The lowest BCUT2D eigenvalue weighted by Crippen LogP contribution is -2.13. The molecule has 0 saturated heterocycles. The van der Waals surface area contributed by atoms with Crippen LogP contribution >= 0.6 is 0 Å². The lowest BCUT2D eigenvalue weighted by atomic mass is 9.93. The molecule has 0 aromatic carbocycles. The number of hydrogen-bond acceptors (Lipinski definition) is 3. The van der Waals surface area contributed by atoms with E-state index in [0.29, 0.717) is 0 Å². The highest BCUT2D eigenvalue weighted by Crippen LogP contribution is 2.21. The molecule has 4 nitrogen and oxygen atoms in total. The van der Waals surface area contributed by atoms with E-state index in [2.05, 4.69) is 25.8 Å². The van der Waals surface area contributed by atoms with Gasteiger partial charge in [-0.05, 0) is 0 Å². The molecule has 0 spiro atoms. The molecular formula is C10H18N2O2. The van der Waals surface area contributed by atoms with E-state index < -0.39 is 6.41 Å². The highest BCUT2D eigenvalue weighted by molar-refractivity contribution is 5.08. The molecule has 0 radical (unpaired) electrons. The van der Waals surface area contributed by atoms with Gasteiger partial charge >= 0.3 is 0 Å². The molecule has 0 fully saturated rings. The summed E-state index contributed by atoms with van der Waals surface area (Å²) in [6, 6.07) is 0. The summed E-state index contributed by atoms with van der Waals surface area (Å²) in [5.74, 6) is 0. The van der Waals surface area contributed by atoms with Crippen molar-refractivity contribution in [1.82, 2.24) is 9.55 Å². The molecule has 80 valence electrons. The van der Waals surface area contributed by atoms with Gasteiger partial charge < -0.3 is 9.47 Å². The number of methoxy groups -OCH3 is 2. The van der Waals surface area contributed by atoms with Crippen LogP contribution in [0.5, 0.6) is 0 Å². The molecule has 1 aromatic rings. The zero-order valence-corrected chi connectivity index (χ0v) is 9.44. The number of ether oxygens (including phenoxy) is 2. The molecule has 0 bridgehead atoms. The van der Waals surface area contributed by atoms with E-state index >= 15 is 0 Å². The maximum Gasteiger partial charge on any atom is 0.244 e. The van der Waals surface area contributed by atoms with Gasteiger partial charge in [0.25, 0.3) is 0 Å². The molecule has 0 aliphatic heterocycles. The Balaban J connectivity index is 2.87. The van der Waals surface area contributed by atoms with Crippen LogP contribution in [0.4, 0.5) is 0 Å². The first-order chi connectivity index (χ1) is 6.49. The van der Waals surface area contributed by atoms with E-state index in [9.17, 15) is 0 Å². The Bertz CT molecular complexity index is 285. The van der Waals surface area contributed by atoms with Crippen molar-refractivity contribution in [3.8, 4) is 0 Å². The summed E-state index contributed by atoms with van der Waals surface area (Å²) in [4.78, 5) is 4.31. The van der Waals surface area contributed by atoms with Crippen LogP contribution in [-0.4, -0.2) is 23.8 Å². The van der Waals surface area contributed by atoms with Crippen LogP contribution in [0.2, 0.25) is 0 Å². The second-order valence-corrected chi connectivity index (χ2v) is 4.23. The second-order valence-electron chi connectivity index (χ2n) is 4.23. The molecule has 0 N–H and O–H groups in total. The molecule has 4 heteroatoms. The molecule has 0 saturated carbocycles. The molecular weight excluding hydrogens is 180 g/mol. The molecule has 0 unspecified atom stereocenters. The van der Waals surface area contributed by atoms with Gasteiger partial charge in [-0.3, -0.25) is 4.57 Å². The van der Waals surface area contributed by atoms with Crippen LogP contribution in [0.25, 0.3) is 0 Å². The minimum atomic E-state index is -0.390. The van der Waals surface area contributed by atoms with E-state index in [1.165, 1.54) is 0 Å². The molecule has 0 aliphatic carbocycles. The fraction of sp³-hybridized carbons (Fsp3) is 0.700. The molecule has 1 rings (SSSR count). The SMILES string of the molecule is COC(OC)n1cnc(C(C)(C)C)c1. The van der Waals surface area contributed by atoms with Crippen LogP contribution in [0.1, 0.15) is 32.9 Å². The summed E-state index contributed by atoms with van der Waals surface area (Å²) in [5.41, 5.74) is 1.08. The molecule has 14 heavy (non-hydrogen) atoms. The van der Waals surface area contributed by atoms with Crippen LogP contribution in [0.15, 0.2) is 12.5 Å². The third-order valence-electron chi connectivity index (χ3n) is 2.02.